The minimum atomic E-state index is -3.97. The summed E-state index contributed by atoms with van der Waals surface area (Å²) in [5, 5.41) is 3.32. The van der Waals surface area contributed by atoms with Gasteiger partial charge in [0.1, 0.15) is 18.3 Å². The minimum Gasteiger partial charge on any atom is -0.497 e. The van der Waals surface area contributed by atoms with Crippen molar-refractivity contribution in [3.05, 3.63) is 94.0 Å². The molecule has 8 nitrogen and oxygen atoms in total. The predicted molar refractivity (Wildman–Crippen MR) is 164 cm³/mol. The Kier molecular flexibility index (Phi) is 11.5. The maximum atomic E-state index is 14.1. The zero-order valence-electron chi connectivity index (χ0n) is 23.5. The standard InChI is InChI=1S/C30H35Cl2N3O5S/c1-21(2)18-33-30(37)28(16-22-9-6-5-7-10-22)34(19-23-11-8-12-25(15-23)40-3)29(36)20-35(41(4,38)39)27-17-24(31)13-14-26(27)32/h5-15,17,21,28H,16,18-20H2,1-4H3,(H,33,37)/t28-/m0/s1. The number of anilines is 1. The molecule has 3 rings (SSSR count). The number of nitrogens with zero attached hydrogens (tertiary/aromatic N) is 2. The second kappa shape index (κ2) is 14.6. The van der Waals surface area contributed by atoms with Crippen LogP contribution in [-0.4, -0.2) is 57.6 Å². The van der Waals surface area contributed by atoms with Gasteiger partial charge in [0.05, 0.1) is 24.1 Å². The Hall–Kier alpha value is -3.27. The van der Waals surface area contributed by atoms with Crippen LogP contribution in [0.15, 0.2) is 72.8 Å². The normalized spacial score (nSPS) is 12.1. The number of ether oxygens (including phenoxy) is 1. The van der Waals surface area contributed by atoms with Gasteiger partial charge in [0.2, 0.25) is 21.8 Å². The summed E-state index contributed by atoms with van der Waals surface area (Å²) in [5.41, 5.74) is 1.62. The molecular formula is C30H35Cl2N3O5S. The second-order valence-corrected chi connectivity index (χ2v) is 12.8. The van der Waals surface area contributed by atoms with Crippen molar-refractivity contribution in [3.8, 4) is 5.75 Å². The summed E-state index contributed by atoms with van der Waals surface area (Å²) in [6.45, 7) is 3.81. The smallest absolute Gasteiger partial charge is 0.244 e. The third kappa shape index (κ3) is 9.38. The number of halogens is 2. The van der Waals surface area contributed by atoms with Crippen molar-refractivity contribution < 1.29 is 22.7 Å². The molecule has 2 amide bonds. The zero-order valence-corrected chi connectivity index (χ0v) is 25.8. The summed E-state index contributed by atoms with van der Waals surface area (Å²) in [6, 6.07) is 19.9. The molecule has 0 bridgehead atoms. The van der Waals surface area contributed by atoms with E-state index in [1.54, 1.807) is 18.2 Å². The van der Waals surface area contributed by atoms with Crippen LogP contribution in [-0.2, 0) is 32.6 Å². The summed E-state index contributed by atoms with van der Waals surface area (Å²) in [6.07, 6.45) is 1.21. The summed E-state index contributed by atoms with van der Waals surface area (Å²) in [4.78, 5) is 29.2. The van der Waals surface area contributed by atoms with E-state index in [1.807, 2.05) is 50.2 Å². The van der Waals surface area contributed by atoms with Crippen LogP contribution in [0.5, 0.6) is 5.75 Å². The molecule has 1 atom stereocenters. The first-order chi connectivity index (χ1) is 19.4. The van der Waals surface area contributed by atoms with Crippen molar-refractivity contribution in [2.45, 2.75) is 32.9 Å². The Morgan fingerprint density at radius 1 is 0.951 bits per heavy atom. The Morgan fingerprint density at radius 2 is 1.63 bits per heavy atom. The van der Waals surface area contributed by atoms with Gasteiger partial charge in [-0.1, -0.05) is 79.5 Å². The number of rotatable bonds is 13. The highest BCUT2D eigenvalue weighted by atomic mass is 35.5. The molecule has 3 aromatic rings. The van der Waals surface area contributed by atoms with E-state index >= 15 is 0 Å². The molecule has 3 aromatic carbocycles. The maximum absolute atomic E-state index is 14.1. The van der Waals surface area contributed by atoms with Crippen LogP contribution in [0.4, 0.5) is 5.69 Å². The second-order valence-electron chi connectivity index (χ2n) is 10.1. The van der Waals surface area contributed by atoms with Gasteiger partial charge in [-0.2, -0.15) is 0 Å². The lowest BCUT2D eigenvalue weighted by Gasteiger charge is -2.34. The monoisotopic (exact) mass is 619 g/mol. The highest BCUT2D eigenvalue weighted by molar-refractivity contribution is 7.92. The number of benzene rings is 3. The number of carbonyl (C=O) groups excluding carboxylic acids is 2. The summed E-state index contributed by atoms with van der Waals surface area (Å²) in [7, 11) is -2.43. The lowest BCUT2D eigenvalue weighted by atomic mass is 10.0. The topological polar surface area (TPSA) is 96.0 Å². The Labute approximate surface area is 252 Å². The molecule has 1 N–H and O–H groups in total. The van der Waals surface area contributed by atoms with Crippen LogP contribution >= 0.6 is 23.2 Å². The van der Waals surface area contributed by atoms with Crippen molar-refractivity contribution in [2.75, 3.05) is 30.8 Å². The summed E-state index contributed by atoms with van der Waals surface area (Å²) < 4.78 is 32.1. The Bertz CT molecular complexity index is 1450. The molecule has 0 heterocycles. The quantitative estimate of drug-likeness (QED) is 0.284. The first-order valence-corrected chi connectivity index (χ1v) is 15.7. The number of amides is 2. The van der Waals surface area contributed by atoms with Crippen LogP contribution in [0.25, 0.3) is 0 Å². The fraction of sp³-hybridized carbons (Fsp3) is 0.333. The van der Waals surface area contributed by atoms with Crippen LogP contribution in [0, 0.1) is 5.92 Å². The largest absolute Gasteiger partial charge is 0.497 e. The third-order valence-electron chi connectivity index (χ3n) is 6.30. The third-order valence-corrected chi connectivity index (χ3v) is 7.98. The van der Waals surface area contributed by atoms with Gasteiger partial charge in [-0.15, -0.1) is 0 Å². The number of hydrogen-bond donors (Lipinski definition) is 1. The van der Waals surface area contributed by atoms with E-state index in [4.69, 9.17) is 27.9 Å². The van der Waals surface area contributed by atoms with Crippen LogP contribution in [0.3, 0.4) is 0 Å². The van der Waals surface area contributed by atoms with Crippen LogP contribution in [0.2, 0.25) is 10.0 Å². The maximum Gasteiger partial charge on any atom is 0.244 e. The fourth-order valence-electron chi connectivity index (χ4n) is 4.22. The zero-order chi connectivity index (χ0) is 30.2. The lowest BCUT2D eigenvalue weighted by molar-refractivity contribution is -0.140. The molecule has 11 heteroatoms. The molecule has 0 unspecified atom stereocenters. The van der Waals surface area contributed by atoms with Crippen molar-refractivity contribution >= 4 is 50.7 Å². The van der Waals surface area contributed by atoms with Crippen molar-refractivity contribution in [2.24, 2.45) is 5.92 Å². The molecule has 0 saturated carbocycles. The average Bonchev–Trinajstić information content (AvgIpc) is 2.93. The molecule has 0 spiro atoms. The van der Waals surface area contributed by atoms with Crippen molar-refractivity contribution in [1.29, 1.82) is 0 Å². The van der Waals surface area contributed by atoms with Gasteiger partial charge in [-0.3, -0.25) is 13.9 Å². The van der Waals surface area contributed by atoms with Crippen LogP contribution < -0.4 is 14.4 Å². The Morgan fingerprint density at radius 3 is 2.27 bits per heavy atom. The van der Waals surface area contributed by atoms with E-state index in [9.17, 15) is 18.0 Å². The number of nitrogens with one attached hydrogen (secondary N) is 1. The van der Waals surface area contributed by atoms with E-state index in [1.165, 1.54) is 30.2 Å². The molecule has 41 heavy (non-hydrogen) atoms. The molecule has 0 fully saturated rings. The van der Waals surface area contributed by atoms with E-state index < -0.39 is 28.5 Å². The van der Waals surface area contributed by atoms with E-state index in [-0.39, 0.29) is 40.5 Å². The molecule has 220 valence electrons. The van der Waals surface area contributed by atoms with Crippen LogP contribution in [0.1, 0.15) is 25.0 Å². The SMILES string of the molecule is COc1cccc(CN(C(=O)CN(c2cc(Cl)ccc2Cl)S(C)(=O)=O)[C@@H](Cc2ccccc2)C(=O)NCC(C)C)c1. The molecule has 0 aromatic heterocycles. The highest BCUT2D eigenvalue weighted by Crippen LogP contribution is 2.31. The lowest BCUT2D eigenvalue weighted by Crippen LogP contribution is -2.53. The van der Waals surface area contributed by atoms with Crippen molar-refractivity contribution in [1.82, 2.24) is 10.2 Å². The molecule has 0 radical (unpaired) electrons. The number of methoxy groups -OCH3 is 1. The van der Waals surface area contributed by atoms with Gasteiger partial charge in [-0.25, -0.2) is 8.42 Å². The van der Waals surface area contributed by atoms with Gasteiger partial charge in [-0.05, 0) is 47.4 Å². The molecule has 0 aliphatic carbocycles. The highest BCUT2D eigenvalue weighted by Gasteiger charge is 2.33. The average molecular weight is 621 g/mol. The first kappa shape index (κ1) is 32.2. The molecule has 0 aliphatic rings. The predicted octanol–water partition coefficient (Wildman–Crippen LogP) is 5.18. The number of sulfonamides is 1. The van der Waals surface area contributed by atoms with E-state index in [0.29, 0.717) is 17.9 Å². The molecule has 0 saturated heterocycles. The Balaban J connectivity index is 2.09. The van der Waals surface area contributed by atoms with Gasteiger partial charge >= 0.3 is 0 Å². The fourth-order valence-corrected chi connectivity index (χ4v) is 5.51. The molecule has 0 aliphatic heterocycles. The van der Waals surface area contributed by atoms with E-state index in [2.05, 4.69) is 5.32 Å². The van der Waals surface area contributed by atoms with Gasteiger partial charge in [0.15, 0.2) is 0 Å². The van der Waals surface area contributed by atoms with Gasteiger partial charge in [0, 0.05) is 24.5 Å². The number of hydrogen-bond acceptors (Lipinski definition) is 5. The number of carbonyl (C=O) groups is 2. The summed E-state index contributed by atoms with van der Waals surface area (Å²) in [5.74, 6) is -0.160. The first-order valence-electron chi connectivity index (χ1n) is 13.1. The summed E-state index contributed by atoms with van der Waals surface area (Å²) >= 11 is 12.5. The van der Waals surface area contributed by atoms with E-state index in [0.717, 1.165) is 16.1 Å². The van der Waals surface area contributed by atoms with Gasteiger partial charge < -0.3 is 15.0 Å². The van der Waals surface area contributed by atoms with Gasteiger partial charge in [0.25, 0.3) is 0 Å². The van der Waals surface area contributed by atoms with Crippen molar-refractivity contribution in [3.63, 3.8) is 0 Å². The minimum absolute atomic E-state index is 0.0313. The molecular weight excluding hydrogens is 585 g/mol.